The Morgan fingerprint density at radius 2 is 2.53 bits per heavy atom. The molecule has 17 heavy (non-hydrogen) atoms. The fourth-order valence-electron chi connectivity index (χ4n) is 1.33. The van der Waals surface area contributed by atoms with Crippen molar-refractivity contribution in [1.29, 1.82) is 0 Å². The quantitative estimate of drug-likeness (QED) is 0.728. The van der Waals surface area contributed by atoms with E-state index in [2.05, 4.69) is 23.9 Å². The average Bonchev–Trinajstić information content (AvgIpc) is 2.74. The standard InChI is InChI=1S/C12H19N3O2/c1-4-6-13-12(16)10(3)17-11-8-14-15(9-11)7-5-2/h4,8-10H,1,5-7H2,2-3H3,(H,13,16). The van der Waals surface area contributed by atoms with Crippen LogP contribution >= 0.6 is 0 Å². The van der Waals surface area contributed by atoms with Crippen LogP contribution in [0.3, 0.4) is 0 Å². The van der Waals surface area contributed by atoms with Crippen LogP contribution in [0, 0.1) is 0 Å². The average molecular weight is 237 g/mol. The van der Waals surface area contributed by atoms with E-state index in [-0.39, 0.29) is 5.91 Å². The zero-order valence-electron chi connectivity index (χ0n) is 10.3. The number of hydrogen-bond acceptors (Lipinski definition) is 3. The number of nitrogens with one attached hydrogen (secondary N) is 1. The minimum Gasteiger partial charge on any atom is -0.478 e. The van der Waals surface area contributed by atoms with E-state index in [9.17, 15) is 4.79 Å². The lowest BCUT2D eigenvalue weighted by Crippen LogP contribution is -2.36. The first-order valence-corrected chi connectivity index (χ1v) is 5.75. The predicted molar refractivity (Wildman–Crippen MR) is 65.8 cm³/mol. The number of hydrogen-bond donors (Lipinski definition) is 1. The summed E-state index contributed by atoms with van der Waals surface area (Å²) in [7, 11) is 0. The maximum atomic E-state index is 11.5. The van der Waals surface area contributed by atoms with E-state index in [4.69, 9.17) is 4.74 Å². The largest absolute Gasteiger partial charge is 0.478 e. The van der Waals surface area contributed by atoms with Crippen molar-refractivity contribution in [1.82, 2.24) is 15.1 Å². The van der Waals surface area contributed by atoms with Crippen molar-refractivity contribution in [2.75, 3.05) is 6.54 Å². The summed E-state index contributed by atoms with van der Waals surface area (Å²) >= 11 is 0. The highest BCUT2D eigenvalue weighted by atomic mass is 16.5. The molecule has 1 rings (SSSR count). The number of carbonyl (C=O) groups is 1. The molecule has 0 saturated carbocycles. The molecule has 1 amide bonds. The number of amides is 1. The van der Waals surface area contributed by atoms with E-state index in [1.54, 1.807) is 30.1 Å². The Kier molecular flexibility index (Phi) is 5.26. The van der Waals surface area contributed by atoms with Crippen LogP contribution in [-0.4, -0.2) is 28.3 Å². The second-order valence-corrected chi connectivity index (χ2v) is 3.73. The van der Waals surface area contributed by atoms with E-state index in [0.717, 1.165) is 13.0 Å². The monoisotopic (exact) mass is 237 g/mol. The van der Waals surface area contributed by atoms with Crippen molar-refractivity contribution in [2.24, 2.45) is 0 Å². The highest BCUT2D eigenvalue weighted by Gasteiger charge is 2.14. The number of aryl methyl sites for hydroxylation is 1. The normalized spacial score (nSPS) is 11.9. The molecule has 1 atom stereocenters. The molecule has 5 nitrogen and oxygen atoms in total. The molecule has 0 fully saturated rings. The molecule has 1 unspecified atom stereocenters. The lowest BCUT2D eigenvalue weighted by atomic mass is 10.3. The van der Waals surface area contributed by atoms with Gasteiger partial charge in [0.15, 0.2) is 11.9 Å². The molecule has 0 aliphatic heterocycles. The van der Waals surface area contributed by atoms with Gasteiger partial charge in [0.2, 0.25) is 0 Å². The summed E-state index contributed by atoms with van der Waals surface area (Å²) in [4.78, 5) is 11.5. The second kappa shape index (κ2) is 6.73. The number of nitrogens with zero attached hydrogens (tertiary/aromatic N) is 2. The van der Waals surface area contributed by atoms with E-state index < -0.39 is 6.10 Å². The van der Waals surface area contributed by atoms with Gasteiger partial charge in [-0.2, -0.15) is 5.10 Å². The summed E-state index contributed by atoms with van der Waals surface area (Å²) in [6, 6.07) is 0. The summed E-state index contributed by atoms with van der Waals surface area (Å²) in [6.45, 7) is 8.61. The fraction of sp³-hybridized carbons (Fsp3) is 0.500. The van der Waals surface area contributed by atoms with E-state index in [1.807, 2.05) is 0 Å². The first-order chi connectivity index (χ1) is 8.17. The van der Waals surface area contributed by atoms with Crippen molar-refractivity contribution in [3.05, 3.63) is 25.0 Å². The molecule has 0 aliphatic rings. The Hall–Kier alpha value is -1.78. The molecule has 0 aliphatic carbocycles. The third-order valence-electron chi connectivity index (χ3n) is 2.16. The van der Waals surface area contributed by atoms with Gasteiger partial charge in [-0.15, -0.1) is 6.58 Å². The summed E-state index contributed by atoms with van der Waals surface area (Å²) in [5, 5.41) is 6.80. The molecule has 94 valence electrons. The maximum absolute atomic E-state index is 11.5. The molecule has 0 radical (unpaired) electrons. The van der Waals surface area contributed by atoms with Gasteiger partial charge < -0.3 is 10.1 Å². The SMILES string of the molecule is C=CCNC(=O)C(C)Oc1cnn(CCC)c1. The number of rotatable bonds is 7. The Labute approximate surface area is 101 Å². The van der Waals surface area contributed by atoms with Gasteiger partial charge in [0.05, 0.1) is 12.4 Å². The Morgan fingerprint density at radius 1 is 1.76 bits per heavy atom. The van der Waals surface area contributed by atoms with Gasteiger partial charge in [0.1, 0.15) is 0 Å². The third kappa shape index (κ3) is 4.30. The Morgan fingerprint density at radius 3 is 3.18 bits per heavy atom. The first-order valence-electron chi connectivity index (χ1n) is 5.75. The minimum absolute atomic E-state index is 0.159. The predicted octanol–water partition coefficient (Wildman–Crippen LogP) is 1.36. The van der Waals surface area contributed by atoms with Crippen molar-refractivity contribution in [3.8, 4) is 5.75 Å². The van der Waals surface area contributed by atoms with Gasteiger partial charge in [-0.25, -0.2) is 0 Å². The molecule has 0 saturated heterocycles. The molecular formula is C12H19N3O2. The van der Waals surface area contributed by atoms with Gasteiger partial charge in [-0.3, -0.25) is 9.48 Å². The number of carbonyl (C=O) groups excluding carboxylic acids is 1. The van der Waals surface area contributed by atoms with Crippen LogP contribution < -0.4 is 10.1 Å². The zero-order chi connectivity index (χ0) is 12.7. The number of ether oxygens (including phenoxy) is 1. The van der Waals surface area contributed by atoms with Crippen LogP contribution in [0.4, 0.5) is 0 Å². The Balaban J connectivity index is 2.46. The topological polar surface area (TPSA) is 56.1 Å². The van der Waals surface area contributed by atoms with E-state index in [0.29, 0.717) is 12.3 Å². The minimum atomic E-state index is -0.533. The smallest absolute Gasteiger partial charge is 0.261 e. The van der Waals surface area contributed by atoms with Gasteiger partial charge in [-0.1, -0.05) is 13.0 Å². The molecule has 0 bridgehead atoms. The molecule has 1 aromatic rings. The molecule has 1 aromatic heterocycles. The molecule has 5 heteroatoms. The van der Waals surface area contributed by atoms with Crippen molar-refractivity contribution >= 4 is 5.91 Å². The van der Waals surface area contributed by atoms with E-state index in [1.165, 1.54) is 0 Å². The second-order valence-electron chi connectivity index (χ2n) is 3.73. The lowest BCUT2D eigenvalue weighted by Gasteiger charge is -2.12. The molecule has 1 heterocycles. The Bertz CT molecular complexity index is 374. The zero-order valence-corrected chi connectivity index (χ0v) is 10.3. The fourth-order valence-corrected chi connectivity index (χ4v) is 1.33. The van der Waals surface area contributed by atoms with Crippen molar-refractivity contribution in [2.45, 2.75) is 32.9 Å². The van der Waals surface area contributed by atoms with Crippen LogP contribution in [0.5, 0.6) is 5.75 Å². The summed E-state index contributed by atoms with van der Waals surface area (Å²) in [6.07, 6.45) is 5.52. The van der Waals surface area contributed by atoms with E-state index >= 15 is 0 Å². The highest BCUT2D eigenvalue weighted by molar-refractivity contribution is 5.80. The summed E-state index contributed by atoms with van der Waals surface area (Å²) < 4.78 is 7.27. The summed E-state index contributed by atoms with van der Waals surface area (Å²) in [5.41, 5.74) is 0. The number of aromatic nitrogens is 2. The third-order valence-corrected chi connectivity index (χ3v) is 2.16. The highest BCUT2D eigenvalue weighted by Crippen LogP contribution is 2.10. The summed E-state index contributed by atoms with van der Waals surface area (Å²) in [5.74, 6) is 0.452. The molecule has 1 N–H and O–H groups in total. The van der Waals surface area contributed by atoms with Crippen LogP contribution in [0.25, 0.3) is 0 Å². The van der Waals surface area contributed by atoms with Gasteiger partial charge in [0.25, 0.3) is 5.91 Å². The van der Waals surface area contributed by atoms with Crippen LogP contribution in [0.1, 0.15) is 20.3 Å². The van der Waals surface area contributed by atoms with Crippen molar-refractivity contribution < 1.29 is 9.53 Å². The van der Waals surface area contributed by atoms with Gasteiger partial charge >= 0.3 is 0 Å². The van der Waals surface area contributed by atoms with Crippen molar-refractivity contribution in [3.63, 3.8) is 0 Å². The maximum Gasteiger partial charge on any atom is 0.261 e. The first kappa shape index (κ1) is 13.3. The van der Waals surface area contributed by atoms with Crippen LogP contribution in [0.15, 0.2) is 25.0 Å². The van der Waals surface area contributed by atoms with Gasteiger partial charge in [0, 0.05) is 13.1 Å². The molecule has 0 aromatic carbocycles. The van der Waals surface area contributed by atoms with Gasteiger partial charge in [-0.05, 0) is 13.3 Å². The molecule has 0 spiro atoms. The van der Waals surface area contributed by atoms with Crippen LogP contribution in [0.2, 0.25) is 0 Å². The lowest BCUT2D eigenvalue weighted by molar-refractivity contribution is -0.127. The van der Waals surface area contributed by atoms with Crippen LogP contribution in [-0.2, 0) is 11.3 Å². The molecular weight excluding hydrogens is 218 g/mol.